The summed E-state index contributed by atoms with van der Waals surface area (Å²) in [5, 5.41) is 11.9. The van der Waals surface area contributed by atoms with Gasteiger partial charge in [-0.1, -0.05) is 26.7 Å². The first-order chi connectivity index (χ1) is 7.61. The highest BCUT2D eigenvalue weighted by Crippen LogP contribution is 2.04. The summed E-state index contributed by atoms with van der Waals surface area (Å²) in [7, 11) is 0. The molecule has 1 atom stereocenters. The van der Waals surface area contributed by atoms with Gasteiger partial charge in [0.25, 0.3) is 0 Å². The maximum absolute atomic E-state index is 11.5. The Labute approximate surface area is 98.6 Å². The van der Waals surface area contributed by atoms with Gasteiger partial charge in [0.2, 0.25) is 5.91 Å². The highest BCUT2D eigenvalue weighted by molar-refractivity contribution is 5.76. The summed E-state index contributed by atoms with van der Waals surface area (Å²) in [6.07, 6.45) is 4.64. The molecule has 0 aliphatic rings. The van der Waals surface area contributed by atoms with Crippen LogP contribution in [-0.2, 0) is 4.79 Å². The third-order valence-corrected chi connectivity index (χ3v) is 2.71. The van der Waals surface area contributed by atoms with Gasteiger partial charge in [0.15, 0.2) is 0 Å². The van der Waals surface area contributed by atoms with Crippen LogP contribution in [0.5, 0.6) is 0 Å². The van der Waals surface area contributed by atoms with Gasteiger partial charge in [-0.2, -0.15) is 0 Å². The molecule has 1 amide bonds. The van der Waals surface area contributed by atoms with Crippen LogP contribution in [0.25, 0.3) is 0 Å². The lowest BCUT2D eigenvalue weighted by Gasteiger charge is -2.19. The summed E-state index contributed by atoms with van der Waals surface area (Å²) in [5.74, 6) is 0.312. The zero-order valence-electron chi connectivity index (χ0n) is 10.5. The Morgan fingerprint density at radius 3 is 2.38 bits per heavy atom. The van der Waals surface area contributed by atoms with Crippen LogP contribution in [0.15, 0.2) is 0 Å². The molecule has 0 heterocycles. The largest absolute Gasteiger partial charge is 0.394 e. The number of hydrogen-bond donors (Lipinski definition) is 3. The third kappa shape index (κ3) is 7.65. The van der Waals surface area contributed by atoms with Crippen LogP contribution in [-0.4, -0.2) is 30.2 Å². The van der Waals surface area contributed by atoms with Gasteiger partial charge in [-0.25, -0.2) is 0 Å². The third-order valence-electron chi connectivity index (χ3n) is 2.71. The molecule has 4 heteroatoms. The Morgan fingerprint density at radius 2 is 1.88 bits per heavy atom. The Kier molecular flexibility index (Phi) is 9.24. The topological polar surface area (TPSA) is 75.3 Å². The highest BCUT2D eigenvalue weighted by Gasteiger charge is 2.14. The number of carbonyl (C=O) groups excluding carboxylic acids is 1. The highest BCUT2D eigenvalue weighted by atomic mass is 16.3. The van der Waals surface area contributed by atoms with Gasteiger partial charge in [-0.05, 0) is 25.3 Å². The number of aliphatic hydroxyl groups is 1. The van der Waals surface area contributed by atoms with Gasteiger partial charge in [-0.15, -0.1) is 0 Å². The van der Waals surface area contributed by atoms with E-state index in [0.29, 0.717) is 6.42 Å². The number of aliphatic hydroxyl groups excluding tert-OH is 1. The van der Waals surface area contributed by atoms with E-state index in [-0.39, 0.29) is 24.5 Å². The van der Waals surface area contributed by atoms with Crippen LogP contribution < -0.4 is 11.1 Å². The summed E-state index contributed by atoms with van der Waals surface area (Å²) in [6, 6.07) is -0.114. The molecule has 0 aromatic heterocycles. The molecule has 0 bridgehead atoms. The van der Waals surface area contributed by atoms with Crippen LogP contribution in [0.3, 0.4) is 0 Å². The maximum Gasteiger partial charge on any atom is 0.220 e. The number of amides is 1. The minimum absolute atomic E-state index is 0.0105. The molecule has 0 rings (SSSR count). The summed E-state index contributed by atoms with van der Waals surface area (Å²) >= 11 is 0. The van der Waals surface area contributed by atoms with Crippen molar-refractivity contribution in [2.45, 2.75) is 52.0 Å². The monoisotopic (exact) mass is 230 g/mol. The van der Waals surface area contributed by atoms with E-state index in [1.165, 1.54) is 0 Å². The van der Waals surface area contributed by atoms with Crippen molar-refractivity contribution in [3.05, 3.63) is 0 Å². The van der Waals surface area contributed by atoms with E-state index in [2.05, 4.69) is 5.32 Å². The fraction of sp³-hybridized carbons (Fsp3) is 0.917. The number of unbranched alkanes of at least 4 members (excludes halogenated alkanes) is 3. The van der Waals surface area contributed by atoms with Crippen molar-refractivity contribution in [1.82, 2.24) is 5.32 Å². The second-order valence-electron chi connectivity index (χ2n) is 4.55. The first-order valence-corrected chi connectivity index (χ1v) is 6.22. The second-order valence-corrected chi connectivity index (χ2v) is 4.55. The van der Waals surface area contributed by atoms with Gasteiger partial charge in [0.1, 0.15) is 0 Å². The second kappa shape index (κ2) is 9.60. The lowest BCUT2D eigenvalue weighted by atomic mass is 10.0. The van der Waals surface area contributed by atoms with Gasteiger partial charge < -0.3 is 16.2 Å². The van der Waals surface area contributed by atoms with Crippen LogP contribution >= 0.6 is 0 Å². The molecule has 0 spiro atoms. The minimum Gasteiger partial charge on any atom is -0.394 e. The van der Waals surface area contributed by atoms with E-state index in [4.69, 9.17) is 10.8 Å². The standard InChI is InChI=1S/C12H26N2O2/c1-10(2)11(9-15)14-12(16)7-5-3-4-6-8-13/h10-11,15H,3-9,13H2,1-2H3,(H,14,16)/t11-/m1/s1. The number of nitrogens with two attached hydrogens (primary N) is 1. The molecule has 0 unspecified atom stereocenters. The number of carbonyl (C=O) groups is 1. The zero-order chi connectivity index (χ0) is 12.4. The molecule has 4 N–H and O–H groups in total. The van der Waals surface area contributed by atoms with Crippen molar-refractivity contribution >= 4 is 5.91 Å². The molecular formula is C12H26N2O2. The summed E-state index contributed by atoms with van der Waals surface area (Å²) in [5.41, 5.74) is 5.38. The first-order valence-electron chi connectivity index (χ1n) is 6.22. The molecule has 16 heavy (non-hydrogen) atoms. The predicted molar refractivity (Wildman–Crippen MR) is 66.0 cm³/mol. The maximum atomic E-state index is 11.5. The normalized spacial score (nSPS) is 12.8. The predicted octanol–water partition coefficient (Wildman–Crippen LogP) is 1.03. The molecule has 4 nitrogen and oxygen atoms in total. The van der Waals surface area contributed by atoms with Crippen LogP contribution in [0.4, 0.5) is 0 Å². The Hall–Kier alpha value is -0.610. The summed E-state index contributed by atoms with van der Waals surface area (Å²) < 4.78 is 0. The minimum atomic E-state index is -0.114. The van der Waals surface area contributed by atoms with Crippen molar-refractivity contribution in [1.29, 1.82) is 0 Å². The number of rotatable bonds is 9. The summed E-state index contributed by atoms with van der Waals surface area (Å²) in [4.78, 5) is 11.5. The zero-order valence-corrected chi connectivity index (χ0v) is 10.5. The molecule has 0 saturated heterocycles. The molecule has 0 aliphatic heterocycles. The average molecular weight is 230 g/mol. The van der Waals surface area contributed by atoms with Gasteiger partial charge >= 0.3 is 0 Å². The fourth-order valence-electron chi connectivity index (χ4n) is 1.49. The quantitative estimate of drug-likeness (QED) is 0.518. The van der Waals surface area contributed by atoms with Crippen molar-refractivity contribution in [2.24, 2.45) is 11.7 Å². The van der Waals surface area contributed by atoms with Crippen molar-refractivity contribution in [3.8, 4) is 0 Å². The Bertz CT molecular complexity index is 184. The van der Waals surface area contributed by atoms with E-state index in [1.807, 2.05) is 13.8 Å². The van der Waals surface area contributed by atoms with Crippen molar-refractivity contribution in [2.75, 3.05) is 13.2 Å². The smallest absolute Gasteiger partial charge is 0.220 e. The fourth-order valence-corrected chi connectivity index (χ4v) is 1.49. The Morgan fingerprint density at radius 1 is 1.25 bits per heavy atom. The van der Waals surface area contributed by atoms with E-state index in [1.54, 1.807) is 0 Å². The van der Waals surface area contributed by atoms with E-state index < -0.39 is 0 Å². The molecule has 0 saturated carbocycles. The van der Waals surface area contributed by atoms with Gasteiger partial charge in [-0.3, -0.25) is 4.79 Å². The Balaban J connectivity index is 3.57. The van der Waals surface area contributed by atoms with Crippen LogP contribution in [0, 0.1) is 5.92 Å². The van der Waals surface area contributed by atoms with Crippen LogP contribution in [0.1, 0.15) is 46.0 Å². The SMILES string of the molecule is CC(C)[C@@H](CO)NC(=O)CCCCCCN. The molecule has 0 radical (unpaired) electrons. The molecular weight excluding hydrogens is 204 g/mol. The van der Waals surface area contributed by atoms with Crippen LogP contribution in [0.2, 0.25) is 0 Å². The van der Waals surface area contributed by atoms with Gasteiger partial charge in [0.05, 0.1) is 12.6 Å². The van der Waals surface area contributed by atoms with E-state index in [9.17, 15) is 4.79 Å². The van der Waals surface area contributed by atoms with Crippen molar-refractivity contribution in [3.63, 3.8) is 0 Å². The van der Waals surface area contributed by atoms with Crippen molar-refractivity contribution < 1.29 is 9.90 Å². The number of hydrogen-bond acceptors (Lipinski definition) is 3. The molecule has 0 fully saturated rings. The molecule has 0 aliphatic carbocycles. The molecule has 96 valence electrons. The number of nitrogens with one attached hydrogen (secondary N) is 1. The summed E-state index contributed by atoms with van der Waals surface area (Å²) in [6.45, 7) is 4.72. The van der Waals surface area contributed by atoms with E-state index >= 15 is 0 Å². The lowest BCUT2D eigenvalue weighted by molar-refractivity contribution is -0.122. The van der Waals surface area contributed by atoms with E-state index in [0.717, 1.165) is 32.2 Å². The first kappa shape index (κ1) is 15.4. The average Bonchev–Trinajstić information content (AvgIpc) is 2.25. The molecule has 0 aromatic rings. The molecule has 0 aromatic carbocycles. The lowest BCUT2D eigenvalue weighted by Crippen LogP contribution is -2.41. The van der Waals surface area contributed by atoms with Gasteiger partial charge in [0, 0.05) is 6.42 Å².